The van der Waals surface area contributed by atoms with E-state index in [9.17, 15) is 26.7 Å². The van der Waals surface area contributed by atoms with Gasteiger partial charge in [-0.05, 0) is 76.3 Å². The Balaban J connectivity index is 1.02. The molecule has 3 aliphatic rings. The minimum atomic E-state index is -4.00. The molecule has 45 heavy (non-hydrogen) atoms. The minimum Gasteiger partial charge on any atom is -0.491 e. The van der Waals surface area contributed by atoms with Gasteiger partial charge in [0.05, 0.1) is 27.9 Å². The average molecular weight is 660 g/mol. The van der Waals surface area contributed by atoms with Crippen LogP contribution in [0, 0.1) is 6.92 Å². The Bertz CT molecular complexity index is 1850. The van der Waals surface area contributed by atoms with Crippen molar-refractivity contribution in [3.63, 3.8) is 0 Å². The minimum absolute atomic E-state index is 0.000453. The van der Waals surface area contributed by atoms with Crippen molar-refractivity contribution in [3.8, 4) is 5.75 Å². The maximum Gasteiger partial charge on any atom is 0.248 e. The number of ether oxygens (including phenoxy) is 2. The standard InChI is InChI=1S/C32H41N3O8S2/c1-3-34-19-30(31(37)28-15-22(2)7-10-29(28)34)45(40,41)35-13-11-32(12-14-35)17-23(20-43-32)33-18-24(36)21-42-25-5-4-6-27(16-25)44(38,39)26-8-9-26/h4-7,10,15-16,19,23-24,26,33,36H,3,8-9,11-14,17-18,20-21H2,1-2H3. The van der Waals surface area contributed by atoms with Crippen molar-refractivity contribution in [2.75, 3.05) is 32.8 Å². The molecular formula is C32H41N3O8S2. The Morgan fingerprint density at radius 2 is 1.87 bits per heavy atom. The molecule has 1 saturated carbocycles. The molecule has 3 heterocycles. The van der Waals surface area contributed by atoms with E-state index in [2.05, 4.69) is 5.32 Å². The van der Waals surface area contributed by atoms with E-state index in [-0.39, 0.29) is 47.3 Å². The lowest BCUT2D eigenvalue weighted by Gasteiger charge is -2.38. The van der Waals surface area contributed by atoms with Crippen LogP contribution >= 0.6 is 0 Å². The van der Waals surface area contributed by atoms with Crippen LogP contribution < -0.4 is 15.5 Å². The van der Waals surface area contributed by atoms with Gasteiger partial charge in [0.1, 0.15) is 23.4 Å². The largest absolute Gasteiger partial charge is 0.491 e. The summed E-state index contributed by atoms with van der Waals surface area (Å²) < 4.78 is 67.5. The number of benzene rings is 2. The molecule has 2 aromatic carbocycles. The molecule has 2 atom stereocenters. The molecule has 2 aliphatic heterocycles. The smallest absolute Gasteiger partial charge is 0.248 e. The second-order valence-corrected chi connectivity index (χ2v) is 16.7. The van der Waals surface area contributed by atoms with Crippen LogP contribution in [0.2, 0.25) is 0 Å². The van der Waals surface area contributed by atoms with Gasteiger partial charge in [-0.15, -0.1) is 0 Å². The highest BCUT2D eigenvalue weighted by molar-refractivity contribution is 7.92. The number of sulfonamides is 1. The number of nitrogens with one attached hydrogen (secondary N) is 1. The van der Waals surface area contributed by atoms with E-state index in [0.29, 0.717) is 61.9 Å². The second kappa shape index (κ2) is 12.4. The molecule has 11 nitrogen and oxygen atoms in total. The SMILES string of the molecule is CCn1cc(S(=O)(=O)N2CCC3(CC2)CC(NCC(O)COc2cccc(S(=O)(=O)C4CC4)c2)CO3)c(=O)c2cc(C)ccc21. The number of aryl methyl sites for hydroxylation is 2. The van der Waals surface area contributed by atoms with E-state index in [1.54, 1.807) is 28.8 Å². The monoisotopic (exact) mass is 659 g/mol. The lowest BCUT2D eigenvalue weighted by molar-refractivity contribution is -0.0312. The first-order valence-electron chi connectivity index (χ1n) is 15.6. The number of aliphatic hydroxyl groups excluding tert-OH is 1. The van der Waals surface area contributed by atoms with E-state index in [1.807, 2.05) is 26.0 Å². The molecule has 3 fully saturated rings. The fourth-order valence-corrected chi connectivity index (χ4v) is 9.63. The number of aromatic nitrogens is 1. The molecule has 0 amide bonds. The van der Waals surface area contributed by atoms with Crippen LogP contribution in [0.25, 0.3) is 10.9 Å². The molecule has 1 spiro atoms. The summed E-state index contributed by atoms with van der Waals surface area (Å²) in [6.07, 6.45) is 3.70. The zero-order valence-corrected chi connectivity index (χ0v) is 27.3. The first kappa shape index (κ1) is 32.1. The summed E-state index contributed by atoms with van der Waals surface area (Å²) in [5, 5.41) is 14.0. The highest BCUT2D eigenvalue weighted by Gasteiger charge is 2.45. The first-order chi connectivity index (χ1) is 21.4. The summed E-state index contributed by atoms with van der Waals surface area (Å²) in [4.78, 5) is 13.4. The Morgan fingerprint density at radius 1 is 1.11 bits per heavy atom. The predicted octanol–water partition coefficient (Wildman–Crippen LogP) is 2.61. The van der Waals surface area contributed by atoms with Crippen LogP contribution in [0.5, 0.6) is 5.75 Å². The van der Waals surface area contributed by atoms with Crippen LogP contribution in [0.4, 0.5) is 0 Å². The Hall–Kier alpha value is -2.81. The number of rotatable bonds is 11. The van der Waals surface area contributed by atoms with Crippen molar-refractivity contribution < 1.29 is 31.4 Å². The van der Waals surface area contributed by atoms with Gasteiger partial charge in [-0.2, -0.15) is 4.31 Å². The number of fused-ring (bicyclic) bond motifs is 1. The molecule has 0 bridgehead atoms. The lowest BCUT2D eigenvalue weighted by Crippen LogP contribution is -2.47. The normalized spacial score (nSPS) is 21.4. The van der Waals surface area contributed by atoms with Gasteiger partial charge in [-0.3, -0.25) is 4.79 Å². The highest BCUT2D eigenvalue weighted by atomic mass is 32.2. The van der Waals surface area contributed by atoms with E-state index < -0.39 is 37.0 Å². The topological polar surface area (TPSA) is 144 Å². The van der Waals surface area contributed by atoms with Gasteiger partial charge >= 0.3 is 0 Å². The predicted molar refractivity (Wildman–Crippen MR) is 170 cm³/mol. The number of aliphatic hydroxyl groups is 1. The summed E-state index contributed by atoms with van der Waals surface area (Å²) in [6.45, 7) is 5.53. The number of hydrogen-bond acceptors (Lipinski definition) is 9. The van der Waals surface area contributed by atoms with Crippen LogP contribution in [-0.4, -0.2) is 86.7 Å². The highest BCUT2D eigenvalue weighted by Crippen LogP contribution is 2.37. The maximum atomic E-state index is 13.7. The Kier molecular flexibility index (Phi) is 8.87. The van der Waals surface area contributed by atoms with E-state index in [0.717, 1.165) is 5.56 Å². The van der Waals surface area contributed by atoms with Gasteiger partial charge in [-0.25, -0.2) is 16.8 Å². The molecular weight excluding hydrogens is 618 g/mol. The van der Waals surface area contributed by atoms with Crippen LogP contribution in [0.3, 0.4) is 0 Å². The third-order valence-electron chi connectivity index (χ3n) is 9.19. The van der Waals surface area contributed by atoms with Crippen molar-refractivity contribution in [2.24, 2.45) is 0 Å². The van der Waals surface area contributed by atoms with Gasteiger partial charge in [0, 0.05) is 43.8 Å². The van der Waals surface area contributed by atoms with E-state index >= 15 is 0 Å². The third kappa shape index (κ3) is 6.56. The average Bonchev–Trinajstić information content (AvgIpc) is 3.83. The zero-order valence-electron chi connectivity index (χ0n) is 25.6. The maximum absolute atomic E-state index is 13.7. The summed E-state index contributed by atoms with van der Waals surface area (Å²) in [5.74, 6) is 0.396. The number of sulfone groups is 1. The van der Waals surface area contributed by atoms with Gasteiger partial charge in [0.2, 0.25) is 15.5 Å². The molecule has 244 valence electrons. The van der Waals surface area contributed by atoms with Crippen molar-refractivity contribution in [3.05, 3.63) is 64.4 Å². The van der Waals surface area contributed by atoms with Crippen molar-refractivity contribution in [1.82, 2.24) is 14.2 Å². The quantitative estimate of drug-likeness (QED) is 0.318. The van der Waals surface area contributed by atoms with Crippen LogP contribution in [-0.2, 0) is 31.1 Å². The molecule has 2 N–H and O–H groups in total. The fraction of sp³-hybridized carbons (Fsp3) is 0.531. The van der Waals surface area contributed by atoms with Crippen molar-refractivity contribution in [2.45, 2.75) is 85.3 Å². The van der Waals surface area contributed by atoms with Gasteiger partial charge in [0.25, 0.3) is 0 Å². The summed E-state index contributed by atoms with van der Waals surface area (Å²) in [6, 6.07) is 11.9. The van der Waals surface area contributed by atoms with E-state index in [1.165, 1.54) is 16.6 Å². The van der Waals surface area contributed by atoms with Crippen molar-refractivity contribution >= 4 is 30.8 Å². The molecule has 2 unspecified atom stereocenters. The Labute approximate surface area is 264 Å². The van der Waals surface area contributed by atoms with E-state index in [4.69, 9.17) is 9.47 Å². The number of hydrogen-bond donors (Lipinski definition) is 2. The molecule has 0 radical (unpaired) electrons. The lowest BCUT2D eigenvalue weighted by atomic mass is 9.88. The first-order valence-corrected chi connectivity index (χ1v) is 18.6. The van der Waals surface area contributed by atoms with Gasteiger partial charge in [0.15, 0.2) is 9.84 Å². The molecule has 1 aromatic heterocycles. The number of nitrogens with zero attached hydrogens (tertiary/aromatic N) is 2. The molecule has 13 heteroatoms. The summed E-state index contributed by atoms with van der Waals surface area (Å²) >= 11 is 0. The second-order valence-electron chi connectivity index (χ2n) is 12.5. The van der Waals surface area contributed by atoms with Gasteiger partial charge in [-0.1, -0.05) is 17.7 Å². The van der Waals surface area contributed by atoms with Crippen molar-refractivity contribution in [1.29, 1.82) is 0 Å². The zero-order chi connectivity index (χ0) is 32.0. The number of pyridine rings is 1. The Morgan fingerprint density at radius 3 is 2.58 bits per heavy atom. The summed E-state index contributed by atoms with van der Waals surface area (Å²) in [5.41, 5.74) is 0.666. The van der Waals surface area contributed by atoms with Crippen LogP contribution in [0.15, 0.2) is 63.2 Å². The molecule has 6 rings (SSSR count). The summed E-state index contributed by atoms with van der Waals surface area (Å²) in [7, 11) is -7.33. The van der Waals surface area contributed by atoms with Crippen LogP contribution in [0.1, 0.15) is 44.6 Å². The molecule has 1 aliphatic carbocycles. The number of piperidine rings is 1. The third-order valence-corrected chi connectivity index (χ3v) is 13.3. The van der Waals surface area contributed by atoms with Gasteiger partial charge < -0.3 is 24.5 Å². The fourth-order valence-electron chi connectivity index (χ4n) is 6.39. The molecule has 2 saturated heterocycles. The molecule has 3 aromatic rings.